The van der Waals surface area contributed by atoms with Crippen LogP contribution in [-0.4, -0.2) is 29.1 Å². The molecule has 0 radical (unpaired) electrons. The van der Waals surface area contributed by atoms with E-state index in [0.717, 1.165) is 24.1 Å². The van der Waals surface area contributed by atoms with Gasteiger partial charge in [0.05, 0.1) is 23.1 Å². The van der Waals surface area contributed by atoms with Crippen LogP contribution in [0, 0.1) is 11.3 Å². The van der Waals surface area contributed by atoms with E-state index in [1.807, 2.05) is 36.4 Å². The van der Waals surface area contributed by atoms with E-state index in [9.17, 15) is 31.1 Å². The van der Waals surface area contributed by atoms with Crippen molar-refractivity contribution in [2.24, 2.45) is 11.3 Å². The molecule has 1 saturated carbocycles. The van der Waals surface area contributed by atoms with Gasteiger partial charge in [0.25, 0.3) is 0 Å². The summed E-state index contributed by atoms with van der Waals surface area (Å²) in [6.07, 6.45) is -6.12. The number of rotatable bonds is 8. The fourth-order valence-electron chi connectivity index (χ4n) is 5.38. The van der Waals surface area contributed by atoms with Crippen molar-refractivity contribution in [3.05, 3.63) is 77.0 Å². The highest BCUT2D eigenvalue weighted by atomic mass is 19.4. The minimum absolute atomic E-state index is 0.0903. The second-order valence-electron chi connectivity index (χ2n) is 10.8. The van der Waals surface area contributed by atoms with Crippen LogP contribution in [0.2, 0.25) is 0 Å². The second kappa shape index (κ2) is 10.9. The Balaban J connectivity index is 1.24. The van der Waals surface area contributed by atoms with Gasteiger partial charge in [-0.2, -0.15) is 26.3 Å². The molecule has 5 nitrogen and oxygen atoms in total. The van der Waals surface area contributed by atoms with Crippen molar-refractivity contribution in [3.63, 3.8) is 0 Å². The van der Waals surface area contributed by atoms with E-state index in [1.165, 1.54) is 0 Å². The van der Waals surface area contributed by atoms with Crippen LogP contribution in [0.25, 0.3) is 11.3 Å². The van der Waals surface area contributed by atoms with E-state index in [4.69, 9.17) is 4.52 Å². The molecular weight excluding hydrogens is 536 g/mol. The number of nitrogens with one attached hydrogen (secondary N) is 1. The summed E-state index contributed by atoms with van der Waals surface area (Å²) in [7, 11) is 0. The number of benzene rings is 2. The van der Waals surface area contributed by atoms with Gasteiger partial charge in [0.1, 0.15) is 5.69 Å². The maximum Gasteiger partial charge on any atom is 0.416 e. The zero-order valence-corrected chi connectivity index (χ0v) is 21.6. The highest BCUT2D eigenvalue weighted by Gasteiger charge is 2.45. The summed E-state index contributed by atoms with van der Waals surface area (Å²) >= 11 is 0. The molecule has 214 valence electrons. The largest absolute Gasteiger partial charge is 0.416 e. The molecular formula is C29H29F6N3O2. The van der Waals surface area contributed by atoms with Crippen LogP contribution < -0.4 is 5.32 Å². The molecule has 1 aliphatic heterocycles. The van der Waals surface area contributed by atoms with Gasteiger partial charge in [-0.15, -0.1) is 0 Å². The Hall–Kier alpha value is -3.34. The number of aromatic nitrogens is 1. The molecule has 2 fully saturated rings. The van der Waals surface area contributed by atoms with Gasteiger partial charge < -0.3 is 9.84 Å². The minimum atomic E-state index is -4.94. The number of halogens is 6. The van der Waals surface area contributed by atoms with E-state index in [1.54, 1.807) is 0 Å². The predicted molar refractivity (Wildman–Crippen MR) is 135 cm³/mol. The molecule has 0 bridgehead atoms. The van der Waals surface area contributed by atoms with Gasteiger partial charge in [0.2, 0.25) is 5.91 Å². The molecule has 1 aliphatic carbocycles. The Morgan fingerprint density at radius 1 is 0.950 bits per heavy atom. The number of hydrogen-bond donors (Lipinski definition) is 1. The zero-order chi connectivity index (χ0) is 28.5. The average Bonchev–Trinajstić information content (AvgIpc) is 3.61. The van der Waals surface area contributed by atoms with Gasteiger partial charge in [0.15, 0.2) is 5.76 Å². The predicted octanol–water partition coefficient (Wildman–Crippen LogP) is 7.08. The average molecular weight is 566 g/mol. The fourth-order valence-corrected chi connectivity index (χ4v) is 5.38. The van der Waals surface area contributed by atoms with Crippen molar-refractivity contribution < 1.29 is 35.7 Å². The molecule has 1 amide bonds. The van der Waals surface area contributed by atoms with Crippen LogP contribution in [0.15, 0.2) is 59.1 Å². The summed E-state index contributed by atoms with van der Waals surface area (Å²) < 4.78 is 85.0. The van der Waals surface area contributed by atoms with Gasteiger partial charge in [-0.1, -0.05) is 48.3 Å². The molecule has 0 spiro atoms. The quantitative estimate of drug-likeness (QED) is 0.297. The molecule has 1 aromatic heterocycles. The van der Waals surface area contributed by atoms with E-state index in [2.05, 4.69) is 15.4 Å². The van der Waals surface area contributed by atoms with Gasteiger partial charge in [-0.05, 0) is 62.0 Å². The Bertz CT molecular complexity index is 1290. The Morgan fingerprint density at radius 3 is 2.15 bits per heavy atom. The Labute approximate surface area is 227 Å². The fraction of sp³-hybridized carbons (Fsp3) is 0.448. The van der Waals surface area contributed by atoms with Gasteiger partial charge in [-0.25, -0.2) is 0 Å². The van der Waals surface area contributed by atoms with E-state index >= 15 is 0 Å². The van der Waals surface area contributed by atoms with Crippen molar-refractivity contribution in [3.8, 4) is 11.3 Å². The van der Waals surface area contributed by atoms with Crippen LogP contribution in [0.5, 0.6) is 0 Å². The third kappa shape index (κ3) is 6.68. The summed E-state index contributed by atoms with van der Waals surface area (Å²) in [5.41, 5.74) is -2.07. The lowest BCUT2D eigenvalue weighted by atomic mass is 9.73. The number of carbonyl (C=O) groups excluding carboxylic acids is 1. The number of nitrogens with zero attached hydrogens (tertiary/aromatic N) is 2. The Kier molecular flexibility index (Phi) is 7.69. The number of carbonyl (C=O) groups is 1. The molecule has 0 unspecified atom stereocenters. The molecule has 5 rings (SSSR count). The molecule has 3 aromatic rings. The summed E-state index contributed by atoms with van der Waals surface area (Å²) in [6, 6.07) is 12.9. The van der Waals surface area contributed by atoms with Crippen molar-refractivity contribution >= 4 is 5.91 Å². The standard InChI is InChI=1S/C29H29F6N3O2/c30-28(31,32)22-12-20(13-23(14-22)29(33,34)35)17-36-26(39)27(16-19-6-7-19)8-10-38(11-9-27)18-24-15-25(37-40-24)21-4-2-1-3-5-21/h1-5,12-15,19H,6-11,16-18H2,(H,36,39). The van der Waals surface area contributed by atoms with E-state index in [0.29, 0.717) is 62.7 Å². The normalized spacial score (nSPS) is 18.1. The summed E-state index contributed by atoms with van der Waals surface area (Å²) in [5, 5.41) is 6.81. The van der Waals surface area contributed by atoms with Crippen LogP contribution in [0.1, 0.15) is 54.6 Å². The zero-order valence-electron chi connectivity index (χ0n) is 21.6. The van der Waals surface area contributed by atoms with Gasteiger partial charge in [0, 0.05) is 18.2 Å². The third-order valence-corrected chi connectivity index (χ3v) is 7.78. The van der Waals surface area contributed by atoms with Crippen LogP contribution in [0.3, 0.4) is 0 Å². The number of likely N-dealkylation sites (tertiary alicyclic amines) is 1. The Morgan fingerprint density at radius 2 is 1.57 bits per heavy atom. The first-order valence-electron chi connectivity index (χ1n) is 13.2. The number of alkyl halides is 6. The third-order valence-electron chi connectivity index (χ3n) is 7.78. The lowest BCUT2D eigenvalue weighted by Crippen LogP contribution is -2.48. The first-order chi connectivity index (χ1) is 18.9. The van der Waals surface area contributed by atoms with Crippen molar-refractivity contribution in [2.75, 3.05) is 13.1 Å². The van der Waals surface area contributed by atoms with E-state index < -0.39 is 35.4 Å². The lowest BCUT2D eigenvalue weighted by molar-refractivity contribution is -0.143. The first-order valence-corrected chi connectivity index (χ1v) is 13.2. The highest BCUT2D eigenvalue weighted by Crippen LogP contribution is 2.46. The van der Waals surface area contributed by atoms with Gasteiger partial charge in [-0.3, -0.25) is 9.69 Å². The SMILES string of the molecule is O=C(NCc1cc(C(F)(F)F)cc(C(F)(F)F)c1)C1(CC2CC2)CCN(Cc2cc(-c3ccccc3)no2)CC1. The molecule has 0 atom stereocenters. The monoisotopic (exact) mass is 565 g/mol. The van der Waals surface area contributed by atoms with Crippen LogP contribution >= 0.6 is 0 Å². The summed E-state index contributed by atoms with van der Waals surface area (Å²) in [4.78, 5) is 15.6. The number of piperidine rings is 1. The van der Waals surface area contributed by atoms with Crippen molar-refractivity contribution in [1.82, 2.24) is 15.4 Å². The highest BCUT2D eigenvalue weighted by molar-refractivity contribution is 5.82. The van der Waals surface area contributed by atoms with Crippen LogP contribution in [0.4, 0.5) is 26.3 Å². The molecule has 1 saturated heterocycles. The molecule has 40 heavy (non-hydrogen) atoms. The maximum absolute atomic E-state index is 13.4. The molecule has 2 aromatic carbocycles. The van der Waals surface area contributed by atoms with Gasteiger partial charge >= 0.3 is 12.4 Å². The van der Waals surface area contributed by atoms with E-state index in [-0.39, 0.29) is 17.5 Å². The second-order valence-corrected chi connectivity index (χ2v) is 10.8. The molecule has 2 heterocycles. The topological polar surface area (TPSA) is 58.4 Å². The summed E-state index contributed by atoms with van der Waals surface area (Å²) in [5.74, 6) is 0.782. The molecule has 1 N–H and O–H groups in total. The maximum atomic E-state index is 13.4. The molecule has 2 aliphatic rings. The first kappa shape index (κ1) is 28.2. The summed E-state index contributed by atoms with van der Waals surface area (Å²) in [6.45, 7) is 1.31. The number of amides is 1. The lowest BCUT2D eigenvalue weighted by Gasteiger charge is -2.40. The van der Waals surface area contributed by atoms with Crippen molar-refractivity contribution in [1.29, 1.82) is 0 Å². The number of hydrogen-bond acceptors (Lipinski definition) is 4. The smallest absolute Gasteiger partial charge is 0.359 e. The molecule has 11 heteroatoms. The van der Waals surface area contributed by atoms with Crippen molar-refractivity contribution in [2.45, 2.75) is 57.5 Å². The minimum Gasteiger partial charge on any atom is -0.359 e. The van der Waals surface area contributed by atoms with Crippen LogP contribution in [-0.2, 0) is 30.2 Å².